The van der Waals surface area contributed by atoms with Gasteiger partial charge in [-0.3, -0.25) is 4.79 Å². The highest BCUT2D eigenvalue weighted by molar-refractivity contribution is 5.78. The van der Waals surface area contributed by atoms with Gasteiger partial charge in [-0.15, -0.1) is 0 Å². The molecule has 6 nitrogen and oxygen atoms in total. The SMILES string of the molecule is Cc1cc(N)nc(CCCCNC(=O)Cc2ccc3c(c2)OCO3)c1. The maximum Gasteiger partial charge on any atom is 0.231 e. The average molecular weight is 341 g/mol. The summed E-state index contributed by atoms with van der Waals surface area (Å²) in [5, 5.41) is 2.95. The van der Waals surface area contributed by atoms with Crippen LogP contribution in [0.25, 0.3) is 0 Å². The van der Waals surface area contributed by atoms with Crippen molar-refractivity contribution < 1.29 is 14.3 Å². The second-order valence-corrected chi connectivity index (χ2v) is 6.23. The van der Waals surface area contributed by atoms with Gasteiger partial charge in [-0.2, -0.15) is 0 Å². The summed E-state index contributed by atoms with van der Waals surface area (Å²) < 4.78 is 10.6. The largest absolute Gasteiger partial charge is 0.454 e. The van der Waals surface area contributed by atoms with Crippen molar-refractivity contribution in [3.8, 4) is 11.5 Å². The number of nitrogen functional groups attached to an aromatic ring is 1. The second-order valence-electron chi connectivity index (χ2n) is 6.23. The Bertz CT molecular complexity index is 741. The van der Waals surface area contributed by atoms with E-state index in [1.54, 1.807) is 0 Å². The first-order valence-electron chi connectivity index (χ1n) is 8.48. The molecule has 25 heavy (non-hydrogen) atoms. The first kappa shape index (κ1) is 17.1. The van der Waals surface area contributed by atoms with Crippen LogP contribution in [0.15, 0.2) is 30.3 Å². The van der Waals surface area contributed by atoms with Crippen LogP contribution < -0.4 is 20.5 Å². The highest BCUT2D eigenvalue weighted by atomic mass is 16.7. The number of amides is 1. The zero-order valence-corrected chi connectivity index (χ0v) is 14.4. The zero-order valence-electron chi connectivity index (χ0n) is 14.4. The van der Waals surface area contributed by atoms with Crippen molar-refractivity contribution in [1.29, 1.82) is 0 Å². The molecule has 132 valence electrons. The Kier molecular flexibility index (Phi) is 5.38. The molecule has 1 aromatic heterocycles. The molecule has 2 heterocycles. The van der Waals surface area contributed by atoms with Crippen molar-refractivity contribution in [2.45, 2.75) is 32.6 Å². The maximum absolute atomic E-state index is 12.0. The summed E-state index contributed by atoms with van der Waals surface area (Å²) in [5.74, 6) is 2.01. The fourth-order valence-electron chi connectivity index (χ4n) is 2.85. The number of aryl methyl sites for hydroxylation is 2. The molecule has 1 aromatic carbocycles. The number of aromatic nitrogens is 1. The summed E-state index contributed by atoms with van der Waals surface area (Å²) in [4.78, 5) is 16.3. The fraction of sp³-hybridized carbons (Fsp3) is 0.368. The molecular weight excluding hydrogens is 318 g/mol. The van der Waals surface area contributed by atoms with Crippen molar-refractivity contribution in [3.05, 3.63) is 47.2 Å². The second kappa shape index (κ2) is 7.88. The molecule has 0 saturated heterocycles. The van der Waals surface area contributed by atoms with E-state index in [9.17, 15) is 4.79 Å². The number of nitrogens with zero attached hydrogens (tertiary/aromatic N) is 1. The van der Waals surface area contributed by atoms with E-state index in [0.717, 1.165) is 41.8 Å². The molecule has 6 heteroatoms. The number of hydrogen-bond acceptors (Lipinski definition) is 5. The molecule has 0 fully saturated rings. The lowest BCUT2D eigenvalue weighted by Gasteiger charge is -2.07. The summed E-state index contributed by atoms with van der Waals surface area (Å²) in [6.45, 7) is 2.91. The average Bonchev–Trinajstić information content (AvgIpc) is 3.01. The molecule has 1 aliphatic heterocycles. The molecule has 0 radical (unpaired) electrons. The smallest absolute Gasteiger partial charge is 0.231 e. The first-order valence-corrected chi connectivity index (χ1v) is 8.48. The highest BCUT2D eigenvalue weighted by Crippen LogP contribution is 2.32. The van der Waals surface area contributed by atoms with E-state index in [0.29, 0.717) is 24.5 Å². The molecule has 0 saturated carbocycles. The minimum absolute atomic E-state index is 0.0109. The monoisotopic (exact) mass is 341 g/mol. The molecule has 3 N–H and O–H groups in total. The van der Waals surface area contributed by atoms with E-state index in [4.69, 9.17) is 15.2 Å². The van der Waals surface area contributed by atoms with Crippen molar-refractivity contribution in [1.82, 2.24) is 10.3 Å². The normalized spacial score (nSPS) is 12.2. The number of fused-ring (bicyclic) bond motifs is 1. The number of unbranched alkanes of at least 4 members (excludes halogenated alkanes) is 1. The summed E-state index contributed by atoms with van der Waals surface area (Å²) in [7, 11) is 0. The molecule has 1 aliphatic rings. The molecule has 2 aromatic rings. The minimum atomic E-state index is 0.0109. The lowest BCUT2D eigenvalue weighted by atomic mass is 10.1. The van der Waals surface area contributed by atoms with Gasteiger partial charge in [-0.25, -0.2) is 4.98 Å². The van der Waals surface area contributed by atoms with Crippen molar-refractivity contribution >= 4 is 11.7 Å². The molecule has 0 spiro atoms. The third-order valence-electron chi connectivity index (χ3n) is 4.03. The van der Waals surface area contributed by atoms with E-state index in [2.05, 4.69) is 16.4 Å². The number of carbonyl (C=O) groups is 1. The number of pyridine rings is 1. The van der Waals surface area contributed by atoms with Gasteiger partial charge in [0.1, 0.15) is 5.82 Å². The minimum Gasteiger partial charge on any atom is -0.454 e. The molecular formula is C19H23N3O3. The van der Waals surface area contributed by atoms with Gasteiger partial charge in [0.25, 0.3) is 0 Å². The van der Waals surface area contributed by atoms with Crippen LogP contribution in [-0.2, 0) is 17.6 Å². The van der Waals surface area contributed by atoms with Crippen molar-refractivity contribution in [2.24, 2.45) is 0 Å². The highest BCUT2D eigenvalue weighted by Gasteiger charge is 2.14. The van der Waals surface area contributed by atoms with E-state index >= 15 is 0 Å². The van der Waals surface area contributed by atoms with Gasteiger partial charge in [0.05, 0.1) is 6.42 Å². The topological polar surface area (TPSA) is 86.5 Å². The Morgan fingerprint density at radius 1 is 1.20 bits per heavy atom. The van der Waals surface area contributed by atoms with Crippen LogP contribution in [0.1, 0.15) is 29.7 Å². The molecule has 0 aliphatic carbocycles. The molecule has 0 bridgehead atoms. The van der Waals surface area contributed by atoms with Crippen molar-refractivity contribution in [2.75, 3.05) is 19.1 Å². The van der Waals surface area contributed by atoms with E-state index in [1.807, 2.05) is 31.2 Å². The fourth-order valence-corrected chi connectivity index (χ4v) is 2.85. The summed E-state index contributed by atoms with van der Waals surface area (Å²) >= 11 is 0. The predicted octanol–water partition coefficient (Wildman–Crippen LogP) is 2.38. The summed E-state index contributed by atoms with van der Waals surface area (Å²) in [6, 6.07) is 9.50. The maximum atomic E-state index is 12.0. The van der Waals surface area contributed by atoms with Crippen LogP contribution in [0.4, 0.5) is 5.82 Å². The van der Waals surface area contributed by atoms with Gasteiger partial charge in [-0.05, 0) is 61.6 Å². The van der Waals surface area contributed by atoms with Gasteiger partial charge in [0.15, 0.2) is 11.5 Å². The van der Waals surface area contributed by atoms with Gasteiger partial charge in [-0.1, -0.05) is 6.07 Å². The number of ether oxygens (including phenoxy) is 2. The first-order chi connectivity index (χ1) is 12.1. The summed E-state index contributed by atoms with van der Waals surface area (Å²) in [6.07, 6.45) is 3.07. The quantitative estimate of drug-likeness (QED) is 0.755. The van der Waals surface area contributed by atoms with Crippen LogP contribution >= 0.6 is 0 Å². The number of carbonyl (C=O) groups excluding carboxylic acids is 1. The van der Waals surface area contributed by atoms with Crippen LogP contribution in [0.5, 0.6) is 11.5 Å². The zero-order chi connectivity index (χ0) is 17.6. The molecule has 3 rings (SSSR count). The Morgan fingerprint density at radius 2 is 2.04 bits per heavy atom. The standard InChI is InChI=1S/C19H23N3O3/c1-13-8-15(22-18(20)9-13)4-2-3-7-21-19(23)11-14-5-6-16-17(10-14)25-12-24-16/h5-6,8-10H,2-4,7,11-12H2,1H3,(H2,20,22)(H,21,23). The van der Waals surface area contributed by atoms with Crippen LogP contribution in [0, 0.1) is 6.92 Å². The Balaban J connectivity index is 1.36. The number of rotatable bonds is 7. The molecule has 0 atom stereocenters. The van der Waals surface area contributed by atoms with E-state index in [-0.39, 0.29) is 12.7 Å². The van der Waals surface area contributed by atoms with E-state index in [1.165, 1.54) is 0 Å². The Hall–Kier alpha value is -2.76. The third-order valence-corrected chi connectivity index (χ3v) is 4.03. The number of benzene rings is 1. The van der Waals surface area contributed by atoms with Crippen molar-refractivity contribution in [3.63, 3.8) is 0 Å². The Labute approximate surface area is 147 Å². The van der Waals surface area contributed by atoms with Crippen LogP contribution in [-0.4, -0.2) is 24.2 Å². The van der Waals surface area contributed by atoms with E-state index < -0.39 is 0 Å². The van der Waals surface area contributed by atoms with Gasteiger partial charge < -0.3 is 20.5 Å². The van der Waals surface area contributed by atoms with Crippen LogP contribution in [0.3, 0.4) is 0 Å². The van der Waals surface area contributed by atoms with Crippen LogP contribution in [0.2, 0.25) is 0 Å². The third kappa shape index (κ3) is 4.86. The number of nitrogens with two attached hydrogens (primary N) is 1. The Morgan fingerprint density at radius 3 is 2.88 bits per heavy atom. The summed E-state index contributed by atoms with van der Waals surface area (Å²) in [5.41, 5.74) is 8.80. The lowest BCUT2D eigenvalue weighted by Crippen LogP contribution is -2.26. The predicted molar refractivity (Wildman–Crippen MR) is 95.6 cm³/mol. The lowest BCUT2D eigenvalue weighted by molar-refractivity contribution is -0.120. The molecule has 1 amide bonds. The van der Waals surface area contributed by atoms with Gasteiger partial charge in [0, 0.05) is 12.2 Å². The number of anilines is 1. The molecule has 0 unspecified atom stereocenters. The van der Waals surface area contributed by atoms with Gasteiger partial charge >= 0.3 is 0 Å². The number of nitrogens with one attached hydrogen (secondary N) is 1. The number of hydrogen-bond donors (Lipinski definition) is 2. The van der Waals surface area contributed by atoms with Gasteiger partial charge in [0.2, 0.25) is 12.7 Å².